The molecule has 0 amide bonds. The standard InChI is InChI=1S/C11H15BrN4O2/c1-8-9(16(17)18)7-13-11(10(8)12)14-15-5-3-2-4-6-15/h7H,2-6H2,1H3,(H,13,14). The zero-order valence-electron chi connectivity index (χ0n) is 10.1. The van der Waals surface area contributed by atoms with Gasteiger partial charge in [-0.3, -0.25) is 10.1 Å². The summed E-state index contributed by atoms with van der Waals surface area (Å²) in [6, 6.07) is 0. The number of aromatic nitrogens is 1. The SMILES string of the molecule is Cc1c([N+](=O)[O-])cnc(NN2CCCCC2)c1Br. The number of nitrogens with zero attached hydrogens (tertiary/aromatic N) is 3. The molecule has 18 heavy (non-hydrogen) atoms. The van der Waals surface area contributed by atoms with Crippen LogP contribution in [0.2, 0.25) is 0 Å². The van der Waals surface area contributed by atoms with Crippen molar-refractivity contribution in [3.8, 4) is 0 Å². The molecule has 1 fully saturated rings. The van der Waals surface area contributed by atoms with Crippen molar-refractivity contribution >= 4 is 27.4 Å². The van der Waals surface area contributed by atoms with E-state index in [1.54, 1.807) is 6.92 Å². The number of nitrogens with one attached hydrogen (secondary N) is 1. The third kappa shape index (κ3) is 2.78. The first-order valence-corrected chi connectivity index (χ1v) is 6.70. The van der Waals surface area contributed by atoms with E-state index in [1.807, 2.05) is 0 Å². The minimum Gasteiger partial charge on any atom is -0.302 e. The van der Waals surface area contributed by atoms with Gasteiger partial charge in [0.1, 0.15) is 6.20 Å². The zero-order valence-corrected chi connectivity index (χ0v) is 11.7. The summed E-state index contributed by atoms with van der Waals surface area (Å²) < 4.78 is 0.655. The second kappa shape index (κ2) is 5.62. The summed E-state index contributed by atoms with van der Waals surface area (Å²) in [6.45, 7) is 3.67. The molecule has 0 bridgehead atoms. The molecule has 2 rings (SSSR count). The van der Waals surface area contributed by atoms with Crippen LogP contribution in [0.5, 0.6) is 0 Å². The third-order valence-electron chi connectivity index (χ3n) is 3.05. The van der Waals surface area contributed by atoms with Crippen molar-refractivity contribution in [1.29, 1.82) is 0 Å². The Labute approximate surface area is 114 Å². The maximum Gasteiger partial charge on any atom is 0.291 e. The van der Waals surface area contributed by atoms with Gasteiger partial charge >= 0.3 is 0 Å². The molecule has 1 saturated heterocycles. The zero-order chi connectivity index (χ0) is 13.1. The van der Waals surface area contributed by atoms with E-state index in [2.05, 4.69) is 31.3 Å². The minimum atomic E-state index is -0.419. The number of hydrogen-bond acceptors (Lipinski definition) is 5. The first kappa shape index (κ1) is 13.2. The van der Waals surface area contributed by atoms with Gasteiger partial charge in [-0.25, -0.2) is 9.99 Å². The molecule has 1 aromatic rings. The van der Waals surface area contributed by atoms with Crippen molar-refractivity contribution in [1.82, 2.24) is 9.99 Å². The maximum atomic E-state index is 10.8. The molecule has 0 unspecified atom stereocenters. The summed E-state index contributed by atoms with van der Waals surface area (Å²) in [5, 5.41) is 12.9. The number of hydrazine groups is 1. The lowest BCUT2D eigenvalue weighted by molar-refractivity contribution is -0.385. The van der Waals surface area contributed by atoms with Gasteiger partial charge < -0.3 is 5.43 Å². The lowest BCUT2D eigenvalue weighted by atomic mass is 10.2. The first-order chi connectivity index (χ1) is 8.59. The summed E-state index contributed by atoms with van der Waals surface area (Å²) in [7, 11) is 0. The highest BCUT2D eigenvalue weighted by atomic mass is 79.9. The van der Waals surface area contributed by atoms with Crippen molar-refractivity contribution in [2.45, 2.75) is 26.2 Å². The molecule has 0 radical (unpaired) electrons. The van der Waals surface area contributed by atoms with Crippen LogP contribution < -0.4 is 5.43 Å². The fourth-order valence-corrected chi connectivity index (χ4v) is 2.38. The van der Waals surface area contributed by atoms with Crippen LogP contribution in [0, 0.1) is 17.0 Å². The summed E-state index contributed by atoms with van der Waals surface area (Å²) in [5.74, 6) is 0.639. The van der Waals surface area contributed by atoms with Crippen LogP contribution in [0.25, 0.3) is 0 Å². The van der Waals surface area contributed by atoms with Gasteiger partial charge in [0, 0.05) is 18.7 Å². The van der Waals surface area contributed by atoms with Crippen LogP contribution in [0.1, 0.15) is 24.8 Å². The number of hydrogen-bond donors (Lipinski definition) is 1. The molecule has 6 nitrogen and oxygen atoms in total. The monoisotopic (exact) mass is 314 g/mol. The lowest BCUT2D eigenvalue weighted by Crippen LogP contribution is -2.35. The average molecular weight is 315 g/mol. The van der Waals surface area contributed by atoms with Crippen LogP contribution in [0.15, 0.2) is 10.7 Å². The Morgan fingerprint density at radius 2 is 2.11 bits per heavy atom. The molecule has 0 aliphatic carbocycles. The Balaban J connectivity index is 2.18. The summed E-state index contributed by atoms with van der Waals surface area (Å²) >= 11 is 3.37. The molecule has 0 saturated carbocycles. The van der Waals surface area contributed by atoms with Crippen molar-refractivity contribution in [2.75, 3.05) is 18.5 Å². The predicted octanol–water partition coefficient (Wildman–Crippen LogP) is 2.87. The summed E-state index contributed by atoms with van der Waals surface area (Å²) in [4.78, 5) is 14.5. The van der Waals surface area contributed by atoms with Gasteiger partial charge in [-0.15, -0.1) is 0 Å². The molecule has 1 aromatic heterocycles. The van der Waals surface area contributed by atoms with Crippen molar-refractivity contribution < 1.29 is 4.92 Å². The molecular weight excluding hydrogens is 300 g/mol. The van der Waals surface area contributed by atoms with Gasteiger partial charge in [0.05, 0.1) is 9.40 Å². The van der Waals surface area contributed by atoms with Gasteiger partial charge in [0.15, 0.2) is 5.82 Å². The second-order valence-corrected chi connectivity index (χ2v) is 5.14. The Hall–Kier alpha value is -1.21. The maximum absolute atomic E-state index is 10.8. The van der Waals surface area contributed by atoms with E-state index in [0.717, 1.165) is 25.9 Å². The van der Waals surface area contributed by atoms with Gasteiger partial charge in [-0.05, 0) is 35.7 Å². The Morgan fingerprint density at radius 3 is 2.72 bits per heavy atom. The van der Waals surface area contributed by atoms with E-state index in [-0.39, 0.29) is 5.69 Å². The molecule has 98 valence electrons. The molecule has 1 aliphatic heterocycles. The van der Waals surface area contributed by atoms with E-state index < -0.39 is 4.92 Å². The van der Waals surface area contributed by atoms with Crippen LogP contribution in [0.3, 0.4) is 0 Å². The smallest absolute Gasteiger partial charge is 0.291 e. The van der Waals surface area contributed by atoms with Crippen LogP contribution in [0.4, 0.5) is 11.5 Å². The van der Waals surface area contributed by atoms with Crippen LogP contribution in [-0.2, 0) is 0 Å². The molecule has 7 heteroatoms. The second-order valence-electron chi connectivity index (χ2n) is 4.35. The molecular formula is C11H15BrN4O2. The molecule has 0 aromatic carbocycles. The minimum absolute atomic E-state index is 0.0334. The average Bonchev–Trinajstić information content (AvgIpc) is 2.36. The number of nitro groups is 1. The third-order valence-corrected chi connectivity index (χ3v) is 4.02. The number of anilines is 1. The molecule has 0 atom stereocenters. The highest BCUT2D eigenvalue weighted by molar-refractivity contribution is 9.10. The largest absolute Gasteiger partial charge is 0.302 e. The van der Waals surface area contributed by atoms with Gasteiger partial charge in [-0.2, -0.15) is 0 Å². The van der Waals surface area contributed by atoms with Gasteiger partial charge in [-0.1, -0.05) is 6.42 Å². The van der Waals surface area contributed by atoms with Crippen molar-refractivity contribution in [3.05, 3.63) is 26.3 Å². The predicted molar refractivity (Wildman–Crippen MR) is 72.4 cm³/mol. The van der Waals surface area contributed by atoms with E-state index >= 15 is 0 Å². The fourth-order valence-electron chi connectivity index (χ4n) is 1.99. The topological polar surface area (TPSA) is 71.3 Å². The molecule has 2 heterocycles. The van der Waals surface area contributed by atoms with Crippen molar-refractivity contribution in [2.24, 2.45) is 0 Å². The number of rotatable bonds is 3. The highest BCUT2D eigenvalue weighted by Gasteiger charge is 2.19. The Morgan fingerprint density at radius 1 is 1.44 bits per heavy atom. The fraction of sp³-hybridized carbons (Fsp3) is 0.545. The van der Waals surface area contributed by atoms with E-state index in [9.17, 15) is 10.1 Å². The number of pyridine rings is 1. The van der Waals surface area contributed by atoms with Crippen molar-refractivity contribution in [3.63, 3.8) is 0 Å². The Kier molecular flexibility index (Phi) is 4.13. The molecule has 0 spiro atoms. The lowest BCUT2D eigenvalue weighted by Gasteiger charge is -2.27. The van der Waals surface area contributed by atoms with E-state index in [4.69, 9.17) is 0 Å². The van der Waals surface area contributed by atoms with E-state index in [0.29, 0.717) is 15.9 Å². The van der Waals surface area contributed by atoms with Crippen LogP contribution in [-0.4, -0.2) is 28.0 Å². The quantitative estimate of drug-likeness (QED) is 0.686. The first-order valence-electron chi connectivity index (χ1n) is 5.90. The van der Waals surface area contributed by atoms with E-state index in [1.165, 1.54) is 12.6 Å². The number of piperidine rings is 1. The highest BCUT2D eigenvalue weighted by Crippen LogP contribution is 2.30. The Bertz CT molecular complexity index is 461. The molecule has 1 aliphatic rings. The van der Waals surface area contributed by atoms with Gasteiger partial charge in [0.2, 0.25) is 0 Å². The van der Waals surface area contributed by atoms with Gasteiger partial charge in [0.25, 0.3) is 5.69 Å². The normalized spacial score (nSPS) is 16.6. The summed E-state index contributed by atoms with van der Waals surface area (Å²) in [6.07, 6.45) is 4.88. The molecule has 1 N–H and O–H groups in total. The number of halogens is 1. The van der Waals surface area contributed by atoms with Crippen LogP contribution >= 0.6 is 15.9 Å². The summed E-state index contributed by atoms with van der Waals surface area (Å²) in [5.41, 5.74) is 3.83.